The topological polar surface area (TPSA) is 67.2 Å². The van der Waals surface area contributed by atoms with Crippen LogP contribution in [0.3, 0.4) is 0 Å². The van der Waals surface area contributed by atoms with E-state index in [2.05, 4.69) is 10.4 Å². The van der Waals surface area contributed by atoms with E-state index in [4.69, 9.17) is 5.11 Å². The fourth-order valence-electron chi connectivity index (χ4n) is 1.13. The highest BCUT2D eigenvalue weighted by atomic mass is 16.4. The van der Waals surface area contributed by atoms with Crippen LogP contribution in [0.1, 0.15) is 18.9 Å². The number of anilines is 1. The van der Waals surface area contributed by atoms with E-state index in [1.54, 1.807) is 16.9 Å². The van der Waals surface area contributed by atoms with Gasteiger partial charge in [-0.1, -0.05) is 0 Å². The van der Waals surface area contributed by atoms with Crippen molar-refractivity contribution in [3.63, 3.8) is 0 Å². The zero-order valence-corrected chi connectivity index (χ0v) is 6.40. The summed E-state index contributed by atoms with van der Waals surface area (Å²) in [5, 5.41) is 14.8. The van der Waals surface area contributed by atoms with Gasteiger partial charge in [-0.15, -0.1) is 0 Å². The molecule has 0 aromatic carbocycles. The van der Waals surface area contributed by atoms with Crippen LogP contribution in [0.15, 0.2) is 12.3 Å². The third-order valence-corrected chi connectivity index (χ3v) is 1.80. The standard InChI is InChI=1S/C7H9N3O2/c11-7(12)9-6-3-4-8-10(6)5-1-2-5/h3-5,9H,1-2H2,(H,11,12). The largest absolute Gasteiger partial charge is 0.465 e. The molecule has 0 atom stereocenters. The molecule has 2 rings (SSSR count). The Morgan fingerprint density at radius 2 is 2.50 bits per heavy atom. The predicted octanol–water partition coefficient (Wildman–Crippen LogP) is 1.31. The van der Waals surface area contributed by atoms with Gasteiger partial charge >= 0.3 is 6.09 Å². The summed E-state index contributed by atoms with van der Waals surface area (Å²) in [5.41, 5.74) is 0. The Bertz CT molecular complexity index is 303. The molecule has 1 aromatic heterocycles. The summed E-state index contributed by atoms with van der Waals surface area (Å²) in [7, 11) is 0. The fourth-order valence-corrected chi connectivity index (χ4v) is 1.13. The molecule has 0 unspecified atom stereocenters. The second kappa shape index (κ2) is 2.51. The smallest absolute Gasteiger partial charge is 0.410 e. The molecule has 1 saturated carbocycles. The predicted molar refractivity (Wildman–Crippen MR) is 42.1 cm³/mol. The Labute approximate surface area is 69.0 Å². The fraction of sp³-hybridized carbons (Fsp3) is 0.429. The number of carboxylic acid groups (broad SMARTS) is 1. The molecule has 5 nitrogen and oxygen atoms in total. The lowest BCUT2D eigenvalue weighted by atomic mass is 10.6. The summed E-state index contributed by atoms with van der Waals surface area (Å²) in [6, 6.07) is 2.06. The van der Waals surface area contributed by atoms with Gasteiger partial charge in [0.2, 0.25) is 0 Å². The molecule has 64 valence electrons. The van der Waals surface area contributed by atoms with E-state index in [1.165, 1.54) is 0 Å². The highest BCUT2D eigenvalue weighted by molar-refractivity contribution is 5.81. The van der Waals surface area contributed by atoms with Crippen molar-refractivity contribution in [2.24, 2.45) is 0 Å². The van der Waals surface area contributed by atoms with E-state index in [0.717, 1.165) is 12.8 Å². The number of carbonyl (C=O) groups is 1. The van der Waals surface area contributed by atoms with Crippen LogP contribution < -0.4 is 5.32 Å². The average molecular weight is 167 g/mol. The van der Waals surface area contributed by atoms with Gasteiger partial charge < -0.3 is 5.11 Å². The van der Waals surface area contributed by atoms with Crippen molar-refractivity contribution in [1.82, 2.24) is 9.78 Å². The first kappa shape index (κ1) is 7.15. The van der Waals surface area contributed by atoms with Gasteiger partial charge in [0.1, 0.15) is 5.82 Å². The van der Waals surface area contributed by atoms with Gasteiger partial charge in [0, 0.05) is 6.07 Å². The van der Waals surface area contributed by atoms with Gasteiger partial charge in [-0.25, -0.2) is 9.48 Å². The monoisotopic (exact) mass is 167 g/mol. The normalized spacial score (nSPS) is 16.0. The number of aromatic nitrogens is 2. The molecule has 1 aromatic rings. The van der Waals surface area contributed by atoms with Crippen LogP contribution in [0.5, 0.6) is 0 Å². The Balaban J connectivity index is 2.18. The molecule has 0 aliphatic heterocycles. The van der Waals surface area contributed by atoms with Crippen LogP contribution in [0, 0.1) is 0 Å². The van der Waals surface area contributed by atoms with E-state index in [9.17, 15) is 4.79 Å². The zero-order chi connectivity index (χ0) is 8.55. The molecule has 0 radical (unpaired) electrons. The van der Waals surface area contributed by atoms with Crippen molar-refractivity contribution < 1.29 is 9.90 Å². The molecular weight excluding hydrogens is 158 g/mol. The first-order valence-electron chi connectivity index (χ1n) is 3.81. The minimum absolute atomic E-state index is 0.404. The Hall–Kier alpha value is -1.52. The first-order chi connectivity index (χ1) is 5.77. The van der Waals surface area contributed by atoms with Crippen LogP contribution >= 0.6 is 0 Å². The van der Waals surface area contributed by atoms with Crippen molar-refractivity contribution in [1.29, 1.82) is 0 Å². The third-order valence-electron chi connectivity index (χ3n) is 1.80. The maximum atomic E-state index is 10.3. The van der Waals surface area contributed by atoms with E-state index >= 15 is 0 Å². The Morgan fingerprint density at radius 3 is 3.08 bits per heavy atom. The molecule has 2 N–H and O–H groups in total. The Morgan fingerprint density at radius 1 is 1.75 bits per heavy atom. The number of nitrogens with one attached hydrogen (secondary N) is 1. The molecule has 1 heterocycles. The van der Waals surface area contributed by atoms with Crippen LogP contribution in [0.2, 0.25) is 0 Å². The van der Waals surface area contributed by atoms with E-state index in [-0.39, 0.29) is 0 Å². The highest BCUT2D eigenvalue weighted by Gasteiger charge is 2.26. The molecule has 1 aliphatic carbocycles. The Kier molecular flexibility index (Phi) is 1.49. The number of hydrogen-bond donors (Lipinski definition) is 2. The van der Waals surface area contributed by atoms with Gasteiger partial charge in [-0.2, -0.15) is 5.10 Å². The zero-order valence-electron chi connectivity index (χ0n) is 6.40. The lowest BCUT2D eigenvalue weighted by Gasteiger charge is -2.03. The second-order valence-electron chi connectivity index (χ2n) is 2.82. The lowest BCUT2D eigenvalue weighted by Crippen LogP contribution is -2.12. The molecule has 5 heteroatoms. The van der Waals surface area contributed by atoms with Gasteiger partial charge in [-0.05, 0) is 12.8 Å². The number of hydrogen-bond acceptors (Lipinski definition) is 2. The minimum Gasteiger partial charge on any atom is -0.465 e. The molecule has 1 fully saturated rings. The average Bonchev–Trinajstić information content (AvgIpc) is 2.73. The quantitative estimate of drug-likeness (QED) is 0.697. The molecule has 0 bridgehead atoms. The minimum atomic E-state index is -1.04. The van der Waals surface area contributed by atoms with Crippen molar-refractivity contribution >= 4 is 11.9 Å². The molecule has 12 heavy (non-hydrogen) atoms. The third kappa shape index (κ3) is 1.25. The van der Waals surface area contributed by atoms with Crippen LogP contribution in [0.25, 0.3) is 0 Å². The summed E-state index contributed by atoms with van der Waals surface area (Å²) in [5.74, 6) is 0.560. The van der Waals surface area contributed by atoms with E-state index in [0.29, 0.717) is 11.9 Å². The lowest BCUT2D eigenvalue weighted by molar-refractivity contribution is 0.209. The maximum Gasteiger partial charge on any atom is 0.410 e. The van der Waals surface area contributed by atoms with Crippen LogP contribution in [-0.4, -0.2) is 21.0 Å². The van der Waals surface area contributed by atoms with E-state index < -0.39 is 6.09 Å². The van der Waals surface area contributed by atoms with Gasteiger partial charge in [0.25, 0.3) is 0 Å². The molecule has 1 amide bonds. The van der Waals surface area contributed by atoms with E-state index in [1.807, 2.05) is 0 Å². The van der Waals surface area contributed by atoms with Gasteiger partial charge in [0.15, 0.2) is 0 Å². The van der Waals surface area contributed by atoms with Crippen molar-refractivity contribution in [3.05, 3.63) is 12.3 Å². The number of amides is 1. The summed E-state index contributed by atoms with van der Waals surface area (Å²) in [4.78, 5) is 10.3. The first-order valence-corrected chi connectivity index (χ1v) is 3.81. The van der Waals surface area contributed by atoms with Crippen LogP contribution in [-0.2, 0) is 0 Å². The van der Waals surface area contributed by atoms with Crippen molar-refractivity contribution in [2.75, 3.05) is 5.32 Å². The van der Waals surface area contributed by atoms with Crippen LogP contribution in [0.4, 0.5) is 10.6 Å². The van der Waals surface area contributed by atoms with Crippen molar-refractivity contribution in [2.45, 2.75) is 18.9 Å². The highest BCUT2D eigenvalue weighted by Crippen LogP contribution is 2.36. The number of nitrogens with zero attached hydrogens (tertiary/aromatic N) is 2. The molecular formula is C7H9N3O2. The summed E-state index contributed by atoms with van der Waals surface area (Å²) >= 11 is 0. The molecule has 1 aliphatic rings. The second-order valence-corrected chi connectivity index (χ2v) is 2.82. The number of rotatable bonds is 2. The van der Waals surface area contributed by atoms with Gasteiger partial charge in [-0.3, -0.25) is 5.32 Å². The SMILES string of the molecule is O=C(O)Nc1ccnn1C1CC1. The molecule has 0 saturated heterocycles. The summed E-state index contributed by atoms with van der Waals surface area (Å²) < 4.78 is 1.72. The molecule has 0 spiro atoms. The maximum absolute atomic E-state index is 10.3. The van der Waals surface area contributed by atoms with Crippen molar-refractivity contribution in [3.8, 4) is 0 Å². The summed E-state index contributed by atoms with van der Waals surface area (Å²) in [6.45, 7) is 0. The summed E-state index contributed by atoms with van der Waals surface area (Å²) in [6.07, 6.45) is 2.74. The van der Waals surface area contributed by atoms with Gasteiger partial charge in [0.05, 0.1) is 12.2 Å².